The average molecular weight is 461 g/mol. The van der Waals surface area contributed by atoms with E-state index in [-0.39, 0.29) is 10.7 Å². The van der Waals surface area contributed by atoms with Crippen LogP contribution in [0, 0.1) is 27.2 Å². The van der Waals surface area contributed by atoms with E-state index < -0.39 is 27.1 Å². The summed E-state index contributed by atoms with van der Waals surface area (Å²) >= 11 is 1.21. The van der Waals surface area contributed by atoms with Gasteiger partial charge in [-0.2, -0.15) is 10.1 Å². The highest BCUT2D eigenvalue weighted by atomic mass is 32.1. The first kappa shape index (κ1) is 21.7. The molecule has 0 N–H and O–H groups in total. The number of nitrogens with zero attached hydrogens (tertiary/aromatic N) is 5. The molecule has 0 atom stereocenters. The van der Waals surface area contributed by atoms with E-state index in [0.29, 0.717) is 11.1 Å². The molecule has 0 aliphatic carbocycles. The second-order valence-electron chi connectivity index (χ2n) is 6.99. The molecular formula is C22H15N5O5S. The molecule has 0 radical (unpaired) electrons. The van der Waals surface area contributed by atoms with Crippen LogP contribution in [0.5, 0.6) is 0 Å². The van der Waals surface area contributed by atoms with E-state index in [1.165, 1.54) is 17.6 Å². The predicted octanol–water partition coefficient (Wildman–Crippen LogP) is 5.10. The smallest absolute Gasteiger partial charge is 0.267 e. The molecule has 1 amide bonds. The molecule has 164 valence electrons. The summed E-state index contributed by atoms with van der Waals surface area (Å²) in [4.78, 5) is 38.8. The standard InChI is InChI=1S/C22H15N5O5S/c1-14-7-8-19-20(9-14)33-22(24-19)25(23-13-15-5-3-2-4-6-15)21(28)16-10-17(26(29)30)12-18(11-16)27(31)32/h2-13H,1H3/b23-13+. The van der Waals surface area contributed by atoms with Gasteiger partial charge >= 0.3 is 0 Å². The van der Waals surface area contributed by atoms with Gasteiger partial charge in [0.15, 0.2) is 0 Å². The Morgan fingerprint density at radius 2 is 1.67 bits per heavy atom. The zero-order valence-electron chi connectivity index (χ0n) is 17.1. The Kier molecular flexibility index (Phi) is 5.87. The van der Waals surface area contributed by atoms with E-state index in [9.17, 15) is 25.0 Å². The van der Waals surface area contributed by atoms with Crippen molar-refractivity contribution in [3.63, 3.8) is 0 Å². The van der Waals surface area contributed by atoms with Crippen molar-refractivity contribution in [3.05, 3.63) is 104 Å². The van der Waals surface area contributed by atoms with Gasteiger partial charge in [0.05, 0.1) is 37.9 Å². The summed E-state index contributed by atoms with van der Waals surface area (Å²) in [6.07, 6.45) is 1.45. The molecule has 0 bridgehead atoms. The molecule has 3 aromatic carbocycles. The Morgan fingerprint density at radius 3 is 2.30 bits per heavy atom. The van der Waals surface area contributed by atoms with Gasteiger partial charge in [-0.15, -0.1) is 0 Å². The number of benzene rings is 3. The molecule has 0 unspecified atom stereocenters. The summed E-state index contributed by atoms with van der Waals surface area (Å²) in [5.41, 5.74) is 0.976. The number of nitro benzene ring substituents is 2. The predicted molar refractivity (Wildman–Crippen MR) is 125 cm³/mol. The highest BCUT2D eigenvalue weighted by molar-refractivity contribution is 7.22. The topological polar surface area (TPSA) is 132 Å². The van der Waals surface area contributed by atoms with E-state index in [0.717, 1.165) is 33.5 Å². The maximum Gasteiger partial charge on any atom is 0.281 e. The minimum absolute atomic E-state index is 0.224. The molecular weight excluding hydrogens is 446 g/mol. The van der Waals surface area contributed by atoms with E-state index in [4.69, 9.17) is 0 Å². The number of thiazole rings is 1. The number of anilines is 1. The van der Waals surface area contributed by atoms with Crippen molar-refractivity contribution < 1.29 is 14.6 Å². The van der Waals surface area contributed by atoms with Crippen molar-refractivity contribution in [2.24, 2.45) is 5.10 Å². The van der Waals surface area contributed by atoms with E-state index in [2.05, 4.69) is 10.1 Å². The summed E-state index contributed by atoms with van der Waals surface area (Å²) in [6.45, 7) is 1.93. The van der Waals surface area contributed by atoms with Gasteiger partial charge in [0.25, 0.3) is 17.3 Å². The first-order valence-electron chi connectivity index (χ1n) is 9.56. The van der Waals surface area contributed by atoms with Crippen molar-refractivity contribution in [2.45, 2.75) is 6.92 Å². The average Bonchev–Trinajstić information content (AvgIpc) is 3.22. The monoisotopic (exact) mass is 461 g/mol. The Morgan fingerprint density at radius 1 is 1.00 bits per heavy atom. The minimum Gasteiger partial charge on any atom is -0.267 e. The number of carbonyl (C=O) groups excluding carboxylic acids is 1. The summed E-state index contributed by atoms with van der Waals surface area (Å²) in [5, 5.41) is 28.0. The Balaban J connectivity index is 1.83. The summed E-state index contributed by atoms with van der Waals surface area (Å²) in [6, 6.07) is 17.4. The number of hydrogen-bond donors (Lipinski definition) is 0. The normalized spacial score (nSPS) is 11.1. The molecule has 11 heteroatoms. The quantitative estimate of drug-likeness (QED) is 0.223. The molecule has 4 rings (SSSR count). The zero-order valence-corrected chi connectivity index (χ0v) is 17.9. The second kappa shape index (κ2) is 8.93. The Bertz CT molecular complexity index is 1390. The van der Waals surface area contributed by atoms with Gasteiger partial charge in [-0.1, -0.05) is 47.7 Å². The number of carbonyl (C=O) groups is 1. The van der Waals surface area contributed by atoms with Crippen LogP contribution in [-0.2, 0) is 0 Å². The number of hydrogen-bond acceptors (Lipinski definition) is 8. The maximum absolute atomic E-state index is 13.4. The van der Waals surface area contributed by atoms with E-state index in [1.54, 1.807) is 24.3 Å². The number of hydrazone groups is 1. The van der Waals surface area contributed by atoms with Crippen LogP contribution < -0.4 is 5.01 Å². The first-order valence-corrected chi connectivity index (χ1v) is 10.4. The lowest BCUT2D eigenvalue weighted by atomic mass is 10.1. The van der Waals surface area contributed by atoms with Gasteiger partial charge in [-0.25, -0.2) is 4.98 Å². The van der Waals surface area contributed by atoms with Gasteiger partial charge in [-0.3, -0.25) is 25.0 Å². The third-order valence-electron chi connectivity index (χ3n) is 4.60. The van der Waals surface area contributed by atoms with Gasteiger partial charge < -0.3 is 0 Å². The lowest BCUT2D eigenvalue weighted by Crippen LogP contribution is -2.25. The molecule has 0 aliphatic rings. The molecule has 0 aliphatic heterocycles. The fraction of sp³-hybridized carbons (Fsp3) is 0.0455. The van der Waals surface area contributed by atoms with Gasteiger partial charge in [0.2, 0.25) is 5.13 Å². The van der Waals surface area contributed by atoms with Crippen molar-refractivity contribution in [3.8, 4) is 0 Å². The number of aryl methyl sites for hydroxylation is 1. The molecule has 4 aromatic rings. The van der Waals surface area contributed by atoms with E-state index in [1.807, 2.05) is 31.2 Å². The number of aromatic nitrogens is 1. The number of fused-ring (bicyclic) bond motifs is 1. The number of non-ortho nitro benzene ring substituents is 2. The molecule has 0 saturated carbocycles. The lowest BCUT2D eigenvalue weighted by Gasteiger charge is -2.13. The van der Waals surface area contributed by atoms with Crippen LogP contribution in [0.2, 0.25) is 0 Å². The highest BCUT2D eigenvalue weighted by Crippen LogP contribution is 2.32. The fourth-order valence-electron chi connectivity index (χ4n) is 3.01. The third kappa shape index (κ3) is 4.72. The number of amides is 1. The van der Waals surface area contributed by atoms with Gasteiger partial charge in [0.1, 0.15) is 0 Å². The first-order chi connectivity index (χ1) is 15.8. The van der Waals surface area contributed by atoms with E-state index >= 15 is 0 Å². The summed E-state index contributed by atoms with van der Waals surface area (Å²) in [7, 11) is 0. The molecule has 10 nitrogen and oxygen atoms in total. The largest absolute Gasteiger partial charge is 0.281 e. The molecule has 33 heavy (non-hydrogen) atoms. The molecule has 1 aromatic heterocycles. The van der Waals surface area contributed by atoms with Crippen molar-refractivity contribution in [1.29, 1.82) is 0 Å². The van der Waals surface area contributed by atoms with Crippen LogP contribution in [0.4, 0.5) is 16.5 Å². The highest BCUT2D eigenvalue weighted by Gasteiger charge is 2.26. The Hall–Kier alpha value is -4.51. The molecule has 0 spiro atoms. The van der Waals surface area contributed by atoms with Crippen LogP contribution in [0.15, 0.2) is 71.8 Å². The molecule has 0 fully saturated rings. The van der Waals surface area contributed by atoms with Crippen molar-refractivity contribution in [1.82, 2.24) is 4.98 Å². The fourth-order valence-corrected chi connectivity index (χ4v) is 4.03. The maximum atomic E-state index is 13.4. The Labute approximate surface area is 190 Å². The number of rotatable bonds is 6. The van der Waals surface area contributed by atoms with Gasteiger partial charge in [-0.05, 0) is 30.2 Å². The van der Waals surface area contributed by atoms with Crippen LogP contribution in [-0.4, -0.2) is 27.0 Å². The zero-order chi connectivity index (χ0) is 23.5. The lowest BCUT2D eigenvalue weighted by molar-refractivity contribution is -0.394. The minimum atomic E-state index is -0.790. The second-order valence-corrected chi connectivity index (χ2v) is 8.00. The van der Waals surface area contributed by atoms with Crippen molar-refractivity contribution >= 4 is 50.2 Å². The van der Waals surface area contributed by atoms with Crippen molar-refractivity contribution in [2.75, 3.05) is 5.01 Å². The van der Waals surface area contributed by atoms with Crippen LogP contribution in [0.25, 0.3) is 10.2 Å². The van der Waals surface area contributed by atoms with Crippen LogP contribution in [0.1, 0.15) is 21.5 Å². The van der Waals surface area contributed by atoms with Crippen LogP contribution in [0.3, 0.4) is 0 Å². The molecule has 0 saturated heterocycles. The summed E-state index contributed by atoms with van der Waals surface area (Å²) < 4.78 is 0.822. The SMILES string of the molecule is Cc1ccc2nc(N(/N=C/c3ccccc3)C(=O)c3cc([N+](=O)[O-])cc([N+](=O)[O-])c3)sc2c1. The number of nitro groups is 2. The third-order valence-corrected chi connectivity index (χ3v) is 5.59. The van der Waals surface area contributed by atoms with Crippen LogP contribution >= 0.6 is 11.3 Å². The molecule has 1 heterocycles. The van der Waals surface area contributed by atoms with Gasteiger partial charge in [0, 0.05) is 12.1 Å². The summed E-state index contributed by atoms with van der Waals surface area (Å²) in [5.74, 6) is -0.787.